The Morgan fingerprint density at radius 3 is 3.05 bits per heavy atom. The highest BCUT2D eigenvalue weighted by atomic mass is 16.5. The van der Waals surface area contributed by atoms with Crippen LogP contribution in [0.3, 0.4) is 0 Å². The second-order valence-corrected chi connectivity index (χ2v) is 5.77. The van der Waals surface area contributed by atoms with E-state index in [9.17, 15) is 0 Å². The first-order valence-electron chi connectivity index (χ1n) is 7.48. The van der Waals surface area contributed by atoms with Crippen molar-refractivity contribution in [3.8, 4) is 0 Å². The number of hydrogen-bond acceptors (Lipinski definition) is 5. The molecule has 1 aromatic rings. The fourth-order valence-electron chi connectivity index (χ4n) is 3.16. The van der Waals surface area contributed by atoms with Gasteiger partial charge in [-0.3, -0.25) is 0 Å². The second kappa shape index (κ2) is 5.59. The van der Waals surface area contributed by atoms with Crippen LogP contribution in [0, 0.1) is 0 Å². The molecule has 0 aliphatic carbocycles. The maximum Gasteiger partial charge on any atom is 0.234 e. The Labute approximate surface area is 114 Å². The summed E-state index contributed by atoms with van der Waals surface area (Å²) >= 11 is 0. The van der Waals surface area contributed by atoms with Crippen LogP contribution in [-0.2, 0) is 16.6 Å². The van der Waals surface area contributed by atoms with Gasteiger partial charge in [-0.05, 0) is 38.6 Å². The first kappa shape index (κ1) is 13.1. The van der Waals surface area contributed by atoms with E-state index < -0.39 is 0 Å². The molecule has 5 nitrogen and oxygen atoms in total. The minimum Gasteiger partial charge on any atom is -0.378 e. The van der Waals surface area contributed by atoms with Gasteiger partial charge in [0, 0.05) is 19.6 Å². The van der Waals surface area contributed by atoms with Crippen LogP contribution in [0.25, 0.3) is 0 Å². The normalized spacial score (nSPS) is 31.7. The van der Waals surface area contributed by atoms with Crippen LogP contribution < -0.4 is 5.32 Å². The fourth-order valence-corrected chi connectivity index (χ4v) is 3.16. The highest BCUT2D eigenvalue weighted by molar-refractivity contribution is 5.08. The molecular weight excluding hydrogens is 242 g/mol. The minimum atomic E-state index is 0.0417. The maximum absolute atomic E-state index is 5.63. The largest absolute Gasteiger partial charge is 0.378 e. The predicted octanol–water partition coefficient (Wildman–Crippen LogP) is 1.82. The smallest absolute Gasteiger partial charge is 0.234 e. The van der Waals surface area contributed by atoms with Crippen molar-refractivity contribution >= 4 is 0 Å². The zero-order valence-corrected chi connectivity index (χ0v) is 11.7. The number of aromatic nitrogens is 2. The average molecular weight is 265 g/mol. The van der Waals surface area contributed by atoms with Gasteiger partial charge in [0.15, 0.2) is 5.82 Å². The van der Waals surface area contributed by atoms with Crippen molar-refractivity contribution < 1.29 is 9.26 Å². The summed E-state index contributed by atoms with van der Waals surface area (Å²) in [5, 5.41) is 7.61. The molecule has 5 heteroatoms. The lowest BCUT2D eigenvalue weighted by Gasteiger charge is -2.33. The SMILES string of the molecule is CCC1(c2nc(CC3CCCO3)no2)CCCNC1. The molecule has 3 rings (SSSR count). The lowest BCUT2D eigenvalue weighted by atomic mass is 9.78. The second-order valence-electron chi connectivity index (χ2n) is 5.77. The summed E-state index contributed by atoms with van der Waals surface area (Å²) in [6, 6.07) is 0. The Morgan fingerprint density at radius 1 is 1.42 bits per heavy atom. The highest BCUT2D eigenvalue weighted by Gasteiger charge is 2.37. The monoisotopic (exact) mass is 265 g/mol. The number of nitrogens with one attached hydrogen (secondary N) is 1. The van der Waals surface area contributed by atoms with Crippen molar-refractivity contribution in [2.75, 3.05) is 19.7 Å². The molecule has 2 atom stereocenters. The zero-order chi connectivity index (χ0) is 13.1. The van der Waals surface area contributed by atoms with E-state index in [0.29, 0.717) is 0 Å². The molecule has 2 fully saturated rings. The molecule has 0 aromatic carbocycles. The van der Waals surface area contributed by atoms with Gasteiger partial charge in [-0.1, -0.05) is 12.1 Å². The number of ether oxygens (including phenoxy) is 1. The summed E-state index contributed by atoms with van der Waals surface area (Å²) in [4.78, 5) is 4.64. The number of nitrogens with zero attached hydrogens (tertiary/aromatic N) is 2. The van der Waals surface area contributed by atoms with Crippen LogP contribution in [-0.4, -0.2) is 35.9 Å². The molecule has 19 heavy (non-hydrogen) atoms. The lowest BCUT2D eigenvalue weighted by Crippen LogP contribution is -2.43. The lowest BCUT2D eigenvalue weighted by molar-refractivity contribution is 0.109. The fraction of sp³-hybridized carbons (Fsp3) is 0.857. The molecule has 2 aliphatic heterocycles. The van der Waals surface area contributed by atoms with Gasteiger partial charge in [-0.2, -0.15) is 4.98 Å². The number of piperidine rings is 1. The van der Waals surface area contributed by atoms with E-state index in [1.165, 1.54) is 6.42 Å². The molecule has 0 spiro atoms. The average Bonchev–Trinajstić information content (AvgIpc) is 3.12. The van der Waals surface area contributed by atoms with Gasteiger partial charge in [0.1, 0.15) is 0 Å². The van der Waals surface area contributed by atoms with E-state index >= 15 is 0 Å². The minimum absolute atomic E-state index is 0.0417. The predicted molar refractivity (Wildman–Crippen MR) is 71.0 cm³/mol. The number of rotatable bonds is 4. The molecule has 0 radical (unpaired) electrons. The Kier molecular flexibility index (Phi) is 3.84. The summed E-state index contributed by atoms with van der Waals surface area (Å²) < 4.78 is 11.2. The number of hydrogen-bond donors (Lipinski definition) is 1. The summed E-state index contributed by atoms with van der Waals surface area (Å²) in [5.74, 6) is 1.62. The molecule has 0 saturated carbocycles. The van der Waals surface area contributed by atoms with Gasteiger partial charge in [0.05, 0.1) is 11.5 Å². The van der Waals surface area contributed by atoms with E-state index in [2.05, 4.69) is 22.4 Å². The highest BCUT2D eigenvalue weighted by Crippen LogP contribution is 2.33. The van der Waals surface area contributed by atoms with Crippen LogP contribution in [0.4, 0.5) is 0 Å². The van der Waals surface area contributed by atoms with E-state index in [4.69, 9.17) is 9.26 Å². The molecule has 1 N–H and O–H groups in total. The van der Waals surface area contributed by atoms with Gasteiger partial charge in [0.25, 0.3) is 0 Å². The van der Waals surface area contributed by atoms with Crippen molar-refractivity contribution in [2.24, 2.45) is 0 Å². The van der Waals surface area contributed by atoms with Crippen molar-refractivity contribution in [2.45, 2.75) is 57.0 Å². The van der Waals surface area contributed by atoms with E-state index in [0.717, 1.165) is 63.5 Å². The van der Waals surface area contributed by atoms with Crippen molar-refractivity contribution in [1.29, 1.82) is 0 Å². The Morgan fingerprint density at radius 2 is 2.37 bits per heavy atom. The third-order valence-electron chi connectivity index (χ3n) is 4.51. The molecule has 0 bridgehead atoms. The molecule has 2 saturated heterocycles. The molecule has 0 amide bonds. The van der Waals surface area contributed by atoms with Gasteiger partial charge >= 0.3 is 0 Å². The summed E-state index contributed by atoms with van der Waals surface area (Å²) in [5.41, 5.74) is 0.0417. The topological polar surface area (TPSA) is 60.2 Å². The van der Waals surface area contributed by atoms with Crippen LogP contribution in [0.2, 0.25) is 0 Å². The molecular formula is C14H23N3O2. The third-order valence-corrected chi connectivity index (χ3v) is 4.51. The summed E-state index contributed by atoms with van der Waals surface area (Å²) in [6.07, 6.45) is 6.70. The Bertz CT molecular complexity index is 407. The van der Waals surface area contributed by atoms with Gasteiger partial charge in [-0.15, -0.1) is 0 Å². The van der Waals surface area contributed by atoms with Gasteiger partial charge in [-0.25, -0.2) is 0 Å². The van der Waals surface area contributed by atoms with Crippen molar-refractivity contribution in [3.05, 3.63) is 11.7 Å². The maximum atomic E-state index is 5.63. The molecule has 1 aromatic heterocycles. The molecule has 2 aliphatic rings. The van der Waals surface area contributed by atoms with E-state index in [1.807, 2.05) is 0 Å². The van der Waals surface area contributed by atoms with Crippen LogP contribution in [0.15, 0.2) is 4.52 Å². The van der Waals surface area contributed by atoms with Crippen LogP contribution >= 0.6 is 0 Å². The van der Waals surface area contributed by atoms with E-state index in [-0.39, 0.29) is 11.5 Å². The van der Waals surface area contributed by atoms with Gasteiger partial charge < -0.3 is 14.6 Å². The van der Waals surface area contributed by atoms with Crippen molar-refractivity contribution in [1.82, 2.24) is 15.5 Å². The molecule has 106 valence electrons. The summed E-state index contributed by atoms with van der Waals surface area (Å²) in [7, 11) is 0. The standard InChI is InChI=1S/C14H23N3O2/c1-2-14(6-4-7-15-10-14)13-16-12(17-19-13)9-11-5-3-8-18-11/h11,15H,2-10H2,1H3. The van der Waals surface area contributed by atoms with E-state index in [1.54, 1.807) is 0 Å². The third kappa shape index (κ3) is 2.67. The molecule has 3 heterocycles. The van der Waals surface area contributed by atoms with Gasteiger partial charge in [0.2, 0.25) is 5.89 Å². The van der Waals surface area contributed by atoms with Crippen molar-refractivity contribution in [3.63, 3.8) is 0 Å². The Balaban J connectivity index is 1.71. The van der Waals surface area contributed by atoms with Crippen LogP contribution in [0.5, 0.6) is 0 Å². The zero-order valence-electron chi connectivity index (χ0n) is 11.7. The quantitative estimate of drug-likeness (QED) is 0.900. The molecule has 2 unspecified atom stereocenters. The van der Waals surface area contributed by atoms with Crippen LogP contribution in [0.1, 0.15) is 50.7 Å². The Hall–Kier alpha value is -0.940. The summed E-state index contributed by atoms with van der Waals surface area (Å²) in [6.45, 7) is 5.12. The first-order chi connectivity index (χ1) is 9.32. The first-order valence-corrected chi connectivity index (χ1v) is 7.48.